The summed E-state index contributed by atoms with van der Waals surface area (Å²) in [5, 5.41) is 6.98. The van der Waals surface area contributed by atoms with Gasteiger partial charge in [-0.1, -0.05) is 0 Å². The fourth-order valence-electron chi connectivity index (χ4n) is 3.32. The summed E-state index contributed by atoms with van der Waals surface area (Å²) in [7, 11) is 1.81. The summed E-state index contributed by atoms with van der Waals surface area (Å²) in [6.45, 7) is 3.12. The third-order valence-corrected chi connectivity index (χ3v) is 4.75. The predicted molar refractivity (Wildman–Crippen MR) is 98.8 cm³/mol. The van der Waals surface area contributed by atoms with Gasteiger partial charge >= 0.3 is 0 Å². The standard InChI is InChI=1S/C18H26N6O3/c1-12-16(22-17(27-12)13-9-21-23(2)11-13)18(26)24-8-4-3-5-14(24)10-20-15(25)6-7-19/h9,11,14H,3-8,10,19H2,1-2H3,(H,20,25). The number of aryl methyl sites for hydroxylation is 2. The van der Waals surface area contributed by atoms with E-state index in [1.165, 1.54) is 0 Å². The van der Waals surface area contributed by atoms with E-state index in [0.29, 0.717) is 37.0 Å². The van der Waals surface area contributed by atoms with E-state index < -0.39 is 0 Å². The molecule has 1 saturated heterocycles. The number of rotatable bonds is 6. The number of carbonyl (C=O) groups is 2. The van der Waals surface area contributed by atoms with E-state index in [0.717, 1.165) is 24.8 Å². The van der Waals surface area contributed by atoms with Gasteiger partial charge in [-0.25, -0.2) is 4.98 Å². The van der Waals surface area contributed by atoms with Crippen LogP contribution in [0.1, 0.15) is 41.9 Å². The number of oxazole rings is 1. The Labute approximate surface area is 157 Å². The second kappa shape index (κ2) is 8.34. The zero-order chi connectivity index (χ0) is 19.4. The van der Waals surface area contributed by atoms with Crippen LogP contribution < -0.4 is 11.1 Å². The fraction of sp³-hybridized carbons (Fsp3) is 0.556. The highest BCUT2D eigenvalue weighted by molar-refractivity contribution is 5.94. The lowest BCUT2D eigenvalue weighted by molar-refractivity contribution is -0.121. The van der Waals surface area contributed by atoms with Crippen LogP contribution in [0.5, 0.6) is 0 Å². The van der Waals surface area contributed by atoms with Crippen LogP contribution in [0.25, 0.3) is 11.5 Å². The Hall–Kier alpha value is -2.68. The van der Waals surface area contributed by atoms with Gasteiger partial charge < -0.3 is 20.4 Å². The van der Waals surface area contributed by atoms with Crippen molar-refractivity contribution in [2.45, 2.75) is 38.6 Å². The SMILES string of the molecule is Cc1oc(-c2cnn(C)c2)nc1C(=O)N1CCCCC1CNC(=O)CCN. The lowest BCUT2D eigenvalue weighted by Gasteiger charge is -2.35. The second-order valence-electron chi connectivity index (χ2n) is 6.82. The number of nitrogens with one attached hydrogen (secondary N) is 1. The van der Waals surface area contributed by atoms with Crippen molar-refractivity contribution in [3.8, 4) is 11.5 Å². The van der Waals surface area contributed by atoms with Gasteiger partial charge in [-0.15, -0.1) is 0 Å². The monoisotopic (exact) mass is 374 g/mol. The molecule has 2 amide bonds. The molecule has 1 atom stereocenters. The molecule has 146 valence electrons. The second-order valence-corrected chi connectivity index (χ2v) is 6.82. The van der Waals surface area contributed by atoms with Crippen molar-refractivity contribution in [2.24, 2.45) is 12.8 Å². The van der Waals surface area contributed by atoms with E-state index in [9.17, 15) is 9.59 Å². The zero-order valence-corrected chi connectivity index (χ0v) is 15.8. The largest absolute Gasteiger partial charge is 0.440 e. The van der Waals surface area contributed by atoms with Crippen molar-refractivity contribution < 1.29 is 14.0 Å². The van der Waals surface area contributed by atoms with E-state index in [4.69, 9.17) is 10.2 Å². The molecule has 9 nitrogen and oxygen atoms in total. The van der Waals surface area contributed by atoms with Crippen LogP contribution in [-0.2, 0) is 11.8 Å². The first kappa shape index (κ1) is 19.1. The minimum absolute atomic E-state index is 0.0501. The summed E-state index contributed by atoms with van der Waals surface area (Å²) in [5.74, 6) is 0.611. The van der Waals surface area contributed by atoms with Crippen molar-refractivity contribution in [2.75, 3.05) is 19.6 Å². The van der Waals surface area contributed by atoms with E-state index >= 15 is 0 Å². The van der Waals surface area contributed by atoms with E-state index in [1.807, 2.05) is 7.05 Å². The topological polar surface area (TPSA) is 119 Å². The predicted octanol–water partition coefficient (Wildman–Crippen LogP) is 0.843. The van der Waals surface area contributed by atoms with Crippen LogP contribution >= 0.6 is 0 Å². The maximum absolute atomic E-state index is 13.1. The summed E-state index contributed by atoms with van der Waals surface area (Å²) in [6.07, 6.45) is 6.54. The van der Waals surface area contributed by atoms with E-state index in [1.54, 1.807) is 28.9 Å². The van der Waals surface area contributed by atoms with Gasteiger partial charge in [0.05, 0.1) is 11.8 Å². The Morgan fingerprint density at radius 3 is 2.93 bits per heavy atom. The minimum Gasteiger partial charge on any atom is -0.440 e. The van der Waals surface area contributed by atoms with Gasteiger partial charge in [0.15, 0.2) is 5.69 Å². The maximum atomic E-state index is 13.1. The Balaban J connectivity index is 1.74. The molecule has 0 spiro atoms. The molecule has 0 saturated carbocycles. The molecule has 0 bridgehead atoms. The molecular formula is C18H26N6O3. The average Bonchev–Trinajstić information content (AvgIpc) is 3.25. The van der Waals surface area contributed by atoms with Gasteiger partial charge in [0.1, 0.15) is 5.76 Å². The number of nitrogens with two attached hydrogens (primary N) is 1. The molecule has 1 aliphatic heterocycles. The van der Waals surface area contributed by atoms with Gasteiger partial charge in [0, 0.05) is 45.3 Å². The number of piperidine rings is 1. The molecular weight excluding hydrogens is 348 g/mol. The third-order valence-electron chi connectivity index (χ3n) is 4.75. The molecule has 1 aliphatic rings. The highest BCUT2D eigenvalue weighted by atomic mass is 16.4. The van der Waals surface area contributed by atoms with Crippen molar-refractivity contribution in [3.05, 3.63) is 23.8 Å². The molecule has 9 heteroatoms. The molecule has 27 heavy (non-hydrogen) atoms. The number of aromatic nitrogens is 3. The Bertz CT molecular complexity index is 812. The quantitative estimate of drug-likeness (QED) is 0.773. The summed E-state index contributed by atoms with van der Waals surface area (Å²) in [5.41, 5.74) is 6.45. The van der Waals surface area contributed by atoms with Crippen molar-refractivity contribution >= 4 is 11.8 Å². The molecule has 3 rings (SSSR count). The molecule has 1 unspecified atom stereocenters. The van der Waals surface area contributed by atoms with Crippen LogP contribution in [-0.4, -0.2) is 57.2 Å². The number of likely N-dealkylation sites (tertiary alicyclic amines) is 1. The van der Waals surface area contributed by atoms with Crippen molar-refractivity contribution in [1.29, 1.82) is 0 Å². The highest BCUT2D eigenvalue weighted by Gasteiger charge is 2.31. The number of nitrogens with zero attached hydrogens (tertiary/aromatic N) is 4. The highest BCUT2D eigenvalue weighted by Crippen LogP contribution is 2.24. The van der Waals surface area contributed by atoms with Gasteiger partial charge in [0.25, 0.3) is 5.91 Å². The van der Waals surface area contributed by atoms with Crippen LogP contribution in [0, 0.1) is 6.92 Å². The summed E-state index contributed by atoms with van der Waals surface area (Å²) in [4.78, 5) is 31.0. The van der Waals surface area contributed by atoms with Crippen LogP contribution in [0.2, 0.25) is 0 Å². The lowest BCUT2D eigenvalue weighted by Crippen LogP contribution is -2.49. The number of carbonyl (C=O) groups excluding carboxylic acids is 2. The Morgan fingerprint density at radius 1 is 1.41 bits per heavy atom. The lowest BCUT2D eigenvalue weighted by atomic mass is 10.0. The van der Waals surface area contributed by atoms with E-state index in [2.05, 4.69) is 15.4 Å². The third kappa shape index (κ3) is 4.36. The van der Waals surface area contributed by atoms with Crippen molar-refractivity contribution in [1.82, 2.24) is 25.0 Å². The first-order chi connectivity index (χ1) is 13.0. The number of amides is 2. The normalized spacial score (nSPS) is 17.1. The molecule has 3 N–H and O–H groups in total. The first-order valence-electron chi connectivity index (χ1n) is 9.23. The molecule has 2 aromatic rings. The van der Waals surface area contributed by atoms with Crippen LogP contribution in [0.3, 0.4) is 0 Å². The van der Waals surface area contributed by atoms with Crippen LogP contribution in [0.15, 0.2) is 16.8 Å². The minimum atomic E-state index is -0.163. The van der Waals surface area contributed by atoms with Gasteiger partial charge in [-0.05, 0) is 26.2 Å². The van der Waals surface area contributed by atoms with Crippen LogP contribution in [0.4, 0.5) is 0 Å². The molecule has 1 fully saturated rings. The van der Waals surface area contributed by atoms with Gasteiger partial charge in [-0.3, -0.25) is 14.3 Å². The first-order valence-corrected chi connectivity index (χ1v) is 9.23. The van der Waals surface area contributed by atoms with Gasteiger partial charge in [-0.2, -0.15) is 5.10 Å². The molecule has 2 aromatic heterocycles. The summed E-state index contributed by atoms with van der Waals surface area (Å²) >= 11 is 0. The summed E-state index contributed by atoms with van der Waals surface area (Å²) < 4.78 is 7.35. The maximum Gasteiger partial charge on any atom is 0.276 e. The zero-order valence-electron chi connectivity index (χ0n) is 15.8. The average molecular weight is 374 g/mol. The fourth-order valence-corrected chi connectivity index (χ4v) is 3.32. The molecule has 3 heterocycles. The number of hydrogen-bond acceptors (Lipinski definition) is 6. The van der Waals surface area contributed by atoms with E-state index in [-0.39, 0.29) is 24.3 Å². The van der Waals surface area contributed by atoms with Crippen molar-refractivity contribution in [3.63, 3.8) is 0 Å². The smallest absolute Gasteiger partial charge is 0.276 e. The summed E-state index contributed by atoms with van der Waals surface area (Å²) in [6, 6.07) is -0.0501. The molecule has 0 aromatic carbocycles. The Morgan fingerprint density at radius 2 is 2.22 bits per heavy atom. The molecule has 0 radical (unpaired) electrons. The molecule has 0 aliphatic carbocycles. The number of hydrogen-bond donors (Lipinski definition) is 2. The van der Waals surface area contributed by atoms with Gasteiger partial charge in [0.2, 0.25) is 11.8 Å². The Kier molecular flexibility index (Phi) is 5.90.